The molecule has 0 N–H and O–H groups in total. The molecule has 0 amide bonds. The van der Waals surface area contributed by atoms with Crippen molar-refractivity contribution in [2.24, 2.45) is 5.41 Å². The lowest BCUT2D eigenvalue weighted by Crippen LogP contribution is -2.23. The van der Waals surface area contributed by atoms with Gasteiger partial charge < -0.3 is 0 Å². The minimum absolute atomic E-state index is 0.781. The second-order valence-electron chi connectivity index (χ2n) is 4.91. The van der Waals surface area contributed by atoms with E-state index in [-0.39, 0.29) is 0 Å². The average molecular weight is 182 g/mol. The van der Waals surface area contributed by atoms with Crippen LogP contribution in [0.5, 0.6) is 0 Å². The summed E-state index contributed by atoms with van der Waals surface area (Å²) in [4.78, 5) is 0. The third-order valence-electron chi connectivity index (χ3n) is 3.76. The quantitative estimate of drug-likeness (QED) is 0.565. The van der Waals surface area contributed by atoms with Crippen LogP contribution in [0.3, 0.4) is 0 Å². The summed E-state index contributed by atoms with van der Waals surface area (Å²) in [5.41, 5.74) is 0.781. The van der Waals surface area contributed by atoms with Crippen molar-refractivity contribution in [3.63, 3.8) is 0 Å². The molecule has 0 aromatic carbocycles. The highest BCUT2D eigenvalue weighted by Gasteiger charge is 2.29. The van der Waals surface area contributed by atoms with Gasteiger partial charge in [-0.2, -0.15) is 0 Å². The third-order valence-corrected chi connectivity index (χ3v) is 3.76. The van der Waals surface area contributed by atoms with Crippen LogP contribution < -0.4 is 0 Å². The van der Waals surface area contributed by atoms with Crippen LogP contribution in [0.1, 0.15) is 78.1 Å². The van der Waals surface area contributed by atoms with Crippen LogP contribution in [0.4, 0.5) is 0 Å². The van der Waals surface area contributed by atoms with E-state index in [9.17, 15) is 0 Å². The first-order chi connectivity index (χ1) is 6.33. The zero-order valence-electron chi connectivity index (χ0n) is 9.57. The highest BCUT2D eigenvalue weighted by Crippen LogP contribution is 2.44. The summed E-state index contributed by atoms with van der Waals surface area (Å²) in [5.74, 6) is 0. The summed E-state index contributed by atoms with van der Waals surface area (Å²) in [5, 5.41) is 0. The van der Waals surface area contributed by atoms with Crippen molar-refractivity contribution in [1.82, 2.24) is 0 Å². The molecule has 0 bridgehead atoms. The highest BCUT2D eigenvalue weighted by molar-refractivity contribution is 4.82. The van der Waals surface area contributed by atoms with Gasteiger partial charge in [-0.1, -0.05) is 52.4 Å². The van der Waals surface area contributed by atoms with Crippen molar-refractivity contribution >= 4 is 0 Å². The molecule has 0 spiro atoms. The highest BCUT2D eigenvalue weighted by atomic mass is 14.3. The van der Waals surface area contributed by atoms with E-state index in [0.29, 0.717) is 0 Å². The summed E-state index contributed by atoms with van der Waals surface area (Å²) in [7, 11) is 0. The summed E-state index contributed by atoms with van der Waals surface area (Å²) < 4.78 is 0. The Hall–Kier alpha value is 0. The Labute approximate surface area is 84.1 Å². The standard InChI is InChI=1S/C13H26/c1-3-5-10-13(9-4-2)11-7-6-8-12-13/h3-12H2,1-2H3. The van der Waals surface area contributed by atoms with Gasteiger partial charge in [0, 0.05) is 0 Å². The molecular formula is C13H26. The Morgan fingerprint density at radius 3 is 2.08 bits per heavy atom. The van der Waals surface area contributed by atoms with Gasteiger partial charge in [0.05, 0.1) is 0 Å². The van der Waals surface area contributed by atoms with E-state index in [2.05, 4.69) is 13.8 Å². The number of unbranched alkanes of at least 4 members (excludes halogenated alkanes) is 1. The molecule has 0 heterocycles. The molecule has 0 unspecified atom stereocenters. The lowest BCUT2D eigenvalue weighted by molar-refractivity contribution is 0.151. The van der Waals surface area contributed by atoms with Gasteiger partial charge in [-0.15, -0.1) is 0 Å². The first-order valence-corrected chi connectivity index (χ1v) is 6.33. The molecule has 1 aliphatic rings. The lowest BCUT2D eigenvalue weighted by atomic mass is 9.68. The van der Waals surface area contributed by atoms with Gasteiger partial charge in [0.1, 0.15) is 0 Å². The number of hydrogen-bond donors (Lipinski definition) is 0. The Morgan fingerprint density at radius 2 is 1.54 bits per heavy atom. The molecule has 1 fully saturated rings. The SMILES string of the molecule is CCCCC1(CCC)CCCCC1. The topological polar surface area (TPSA) is 0 Å². The smallest absolute Gasteiger partial charge is 0.0298 e. The Balaban J connectivity index is 2.40. The Morgan fingerprint density at radius 1 is 0.846 bits per heavy atom. The average Bonchev–Trinajstić information content (AvgIpc) is 2.17. The van der Waals surface area contributed by atoms with Gasteiger partial charge >= 0.3 is 0 Å². The molecule has 0 nitrogen and oxygen atoms in total. The molecule has 13 heavy (non-hydrogen) atoms. The van der Waals surface area contributed by atoms with Crippen LogP contribution in [-0.4, -0.2) is 0 Å². The Bertz CT molecular complexity index is 114. The maximum absolute atomic E-state index is 2.35. The fourth-order valence-corrected chi connectivity index (χ4v) is 3.01. The monoisotopic (exact) mass is 182 g/mol. The fourth-order valence-electron chi connectivity index (χ4n) is 3.01. The molecule has 0 heteroatoms. The van der Waals surface area contributed by atoms with E-state index in [4.69, 9.17) is 0 Å². The molecule has 1 rings (SSSR count). The van der Waals surface area contributed by atoms with Crippen LogP contribution in [-0.2, 0) is 0 Å². The largest absolute Gasteiger partial charge is 0.0654 e. The van der Waals surface area contributed by atoms with Gasteiger partial charge in [0.2, 0.25) is 0 Å². The molecule has 0 radical (unpaired) electrons. The van der Waals surface area contributed by atoms with E-state index in [1.54, 1.807) is 0 Å². The molecule has 0 aliphatic heterocycles. The van der Waals surface area contributed by atoms with Crippen molar-refractivity contribution in [2.75, 3.05) is 0 Å². The molecule has 1 aliphatic carbocycles. The summed E-state index contributed by atoms with van der Waals surface area (Å²) in [6.45, 7) is 4.67. The van der Waals surface area contributed by atoms with E-state index < -0.39 is 0 Å². The summed E-state index contributed by atoms with van der Waals surface area (Å²) in [6.07, 6.45) is 14.8. The van der Waals surface area contributed by atoms with Crippen LogP contribution in [0.2, 0.25) is 0 Å². The van der Waals surface area contributed by atoms with Gasteiger partial charge in [0.15, 0.2) is 0 Å². The van der Waals surface area contributed by atoms with Crippen molar-refractivity contribution in [3.05, 3.63) is 0 Å². The van der Waals surface area contributed by atoms with Gasteiger partial charge in [-0.05, 0) is 31.1 Å². The molecular weight excluding hydrogens is 156 g/mol. The fraction of sp³-hybridized carbons (Fsp3) is 1.00. The maximum Gasteiger partial charge on any atom is -0.0298 e. The second-order valence-corrected chi connectivity index (χ2v) is 4.91. The first kappa shape index (κ1) is 11.1. The van der Waals surface area contributed by atoms with Crippen molar-refractivity contribution in [2.45, 2.75) is 78.1 Å². The predicted molar refractivity (Wildman–Crippen MR) is 60.0 cm³/mol. The molecule has 78 valence electrons. The second kappa shape index (κ2) is 5.67. The summed E-state index contributed by atoms with van der Waals surface area (Å²) in [6, 6.07) is 0. The van der Waals surface area contributed by atoms with Crippen LogP contribution in [0.25, 0.3) is 0 Å². The third kappa shape index (κ3) is 3.32. The van der Waals surface area contributed by atoms with Gasteiger partial charge in [0.25, 0.3) is 0 Å². The minimum Gasteiger partial charge on any atom is -0.0654 e. The lowest BCUT2D eigenvalue weighted by Gasteiger charge is -2.37. The van der Waals surface area contributed by atoms with Crippen LogP contribution >= 0.6 is 0 Å². The van der Waals surface area contributed by atoms with Crippen molar-refractivity contribution < 1.29 is 0 Å². The number of hydrogen-bond acceptors (Lipinski definition) is 0. The normalized spacial score (nSPS) is 21.7. The van der Waals surface area contributed by atoms with Gasteiger partial charge in [-0.3, -0.25) is 0 Å². The van der Waals surface area contributed by atoms with E-state index in [0.717, 1.165) is 5.41 Å². The van der Waals surface area contributed by atoms with Gasteiger partial charge in [-0.25, -0.2) is 0 Å². The first-order valence-electron chi connectivity index (χ1n) is 6.33. The maximum atomic E-state index is 2.35. The molecule has 1 saturated carbocycles. The van der Waals surface area contributed by atoms with Crippen LogP contribution in [0.15, 0.2) is 0 Å². The number of rotatable bonds is 5. The van der Waals surface area contributed by atoms with E-state index in [1.165, 1.54) is 64.2 Å². The van der Waals surface area contributed by atoms with E-state index in [1.807, 2.05) is 0 Å². The molecule has 0 aromatic rings. The van der Waals surface area contributed by atoms with Crippen molar-refractivity contribution in [3.8, 4) is 0 Å². The van der Waals surface area contributed by atoms with E-state index >= 15 is 0 Å². The zero-order chi connectivity index (χ0) is 9.57. The van der Waals surface area contributed by atoms with Crippen LogP contribution in [0, 0.1) is 5.41 Å². The molecule has 0 atom stereocenters. The summed E-state index contributed by atoms with van der Waals surface area (Å²) >= 11 is 0. The molecule has 0 aromatic heterocycles. The minimum atomic E-state index is 0.781. The molecule has 0 saturated heterocycles. The Kier molecular flexibility index (Phi) is 4.83. The zero-order valence-corrected chi connectivity index (χ0v) is 9.57. The predicted octanol–water partition coefficient (Wildman–Crippen LogP) is 4.93. The van der Waals surface area contributed by atoms with Crippen molar-refractivity contribution in [1.29, 1.82) is 0 Å².